The third kappa shape index (κ3) is 3.25. The highest BCUT2D eigenvalue weighted by atomic mass is 32.2. The average molecular weight is 310 g/mol. The first-order valence-corrected chi connectivity index (χ1v) is 8.01. The normalized spacial score (nSPS) is 13.3. The van der Waals surface area contributed by atoms with Crippen LogP contribution >= 0.6 is 0 Å². The van der Waals surface area contributed by atoms with Crippen molar-refractivity contribution in [2.24, 2.45) is 0 Å². The second-order valence-electron chi connectivity index (χ2n) is 4.48. The number of hydrogen-bond acceptors (Lipinski definition) is 5. The van der Waals surface area contributed by atoms with Gasteiger partial charge in [-0.3, -0.25) is 0 Å². The largest absolute Gasteiger partial charge is 0.478 e. The fraction of sp³-hybridized carbons (Fsp3) is 0.357. The summed E-state index contributed by atoms with van der Waals surface area (Å²) in [5.74, 6) is 0.984. The van der Waals surface area contributed by atoms with Gasteiger partial charge in [-0.05, 0) is 32.0 Å². The van der Waals surface area contributed by atoms with Crippen LogP contribution in [0.15, 0.2) is 46.0 Å². The van der Waals surface area contributed by atoms with Crippen LogP contribution in [0.4, 0.5) is 0 Å². The van der Waals surface area contributed by atoms with Gasteiger partial charge in [0.05, 0.1) is 25.1 Å². The van der Waals surface area contributed by atoms with Gasteiger partial charge >= 0.3 is 0 Å². The Labute approximate surface area is 124 Å². The van der Waals surface area contributed by atoms with E-state index in [1.807, 2.05) is 6.92 Å². The van der Waals surface area contributed by atoms with Crippen molar-refractivity contribution in [3.63, 3.8) is 0 Å². The molecule has 2 aromatic rings. The molecule has 0 saturated heterocycles. The van der Waals surface area contributed by atoms with Crippen LogP contribution in [0.2, 0.25) is 0 Å². The number of ether oxygens (including phenoxy) is 1. The maximum atomic E-state index is 12.5. The summed E-state index contributed by atoms with van der Waals surface area (Å²) in [7, 11) is -2.13. The predicted molar refractivity (Wildman–Crippen MR) is 77.5 cm³/mol. The molecule has 0 fully saturated rings. The fourth-order valence-electron chi connectivity index (χ4n) is 1.84. The summed E-state index contributed by atoms with van der Waals surface area (Å²) in [5, 5.41) is 0. The summed E-state index contributed by atoms with van der Waals surface area (Å²) in [6.45, 7) is 4.08. The van der Waals surface area contributed by atoms with Crippen molar-refractivity contribution in [1.82, 2.24) is 9.29 Å². The molecular weight excluding hydrogens is 292 g/mol. The first-order valence-electron chi connectivity index (χ1n) is 6.57. The van der Waals surface area contributed by atoms with E-state index in [9.17, 15) is 8.42 Å². The van der Waals surface area contributed by atoms with Crippen molar-refractivity contribution >= 4 is 10.0 Å². The maximum absolute atomic E-state index is 12.5. The number of furan rings is 1. The molecule has 0 aliphatic carbocycles. The smallest absolute Gasteiger partial charge is 0.245 e. The third-order valence-corrected chi connectivity index (χ3v) is 5.09. The first kappa shape index (κ1) is 15.5. The molecule has 2 rings (SSSR count). The average Bonchev–Trinajstić information content (AvgIpc) is 3.01. The molecule has 21 heavy (non-hydrogen) atoms. The van der Waals surface area contributed by atoms with E-state index in [1.165, 1.54) is 29.9 Å². The SMILES string of the molecule is CCOc1ccc(S(=O)(=O)N(C)[C@H](C)c2ccco2)cn1. The predicted octanol–water partition coefficient (Wildman–Crippen LogP) is 2.46. The van der Waals surface area contributed by atoms with Gasteiger partial charge in [0.25, 0.3) is 0 Å². The monoisotopic (exact) mass is 310 g/mol. The van der Waals surface area contributed by atoms with Gasteiger partial charge in [-0.1, -0.05) is 0 Å². The van der Waals surface area contributed by atoms with Crippen molar-refractivity contribution in [2.75, 3.05) is 13.7 Å². The number of rotatable bonds is 6. The summed E-state index contributed by atoms with van der Waals surface area (Å²) in [5.41, 5.74) is 0. The molecule has 0 saturated carbocycles. The van der Waals surface area contributed by atoms with E-state index in [1.54, 1.807) is 25.1 Å². The summed E-state index contributed by atoms with van der Waals surface area (Å²) in [6, 6.07) is 6.09. The molecule has 6 nitrogen and oxygen atoms in total. The van der Waals surface area contributed by atoms with E-state index in [0.29, 0.717) is 18.2 Å². The summed E-state index contributed by atoms with van der Waals surface area (Å²) >= 11 is 0. The molecule has 2 heterocycles. The van der Waals surface area contributed by atoms with Crippen LogP contribution in [0, 0.1) is 0 Å². The Morgan fingerprint density at radius 1 is 1.38 bits per heavy atom. The van der Waals surface area contributed by atoms with Crippen LogP contribution in [0.5, 0.6) is 5.88 Å². The Balaban J connectivity index is 2.24. The van der Waals surface area contributed by atoms with Gasteiger partial charge in [-0.25, -0.2) is 13.4 Å². The molecular formula is C14H18N2O4S. The van der Waals surface area contributed by atoms with Crippen molar-refractivity contribution in [1.29, 1.82) is 0 Å². The van der Waals surface area contributed by atoms with E-state index >= 15 is 0 Å². The van der Waals surface area contributed by atoms with Crippen LogP contribution in [-0.4, -0.2) is 31.4 Å². The summed E-state index contributed by atoms with van der Waals surface area (Å²) in [6.07, 6.45) is 2.82. The topological polar surface area (TPSA) is 72.6 Å². The van der Waals surface area contributed by atoms with Gasteiger partial charge in [0.2, 0.25) is 15.9 Å². The lowest BCUT2D eigenvalue weighted by molar-refractivity contribution is 0.325. The zero-order valence-electron chi connectivity index (χ0n) is 12.2. The van der Waals surface area contributed by atoms with Crippen LogP contribution < -0.4 is 4.74 Å². The number of nitrogens with zero attached hydrogens (tertiary/aromatic N) is 2. The molecule has 7 heteroatoms. The lowest BCUT2D eigenvalue weighted by Crippen LogP contribution is -2.29. The second-order valence-corrected chi connectivity index (χ2v) is 6.48. The van der Waals surface area contributed by atoms with E-state index in [4.69, 9.17) is 9.15 Å². The lowest BCUT2D eigenvalue weighted by atomic mass is 10.3. The molecule has 0 bridgehead atoms. The van der Waals surface area contributed by atoms with E-state index in [-0.39, 0.29) is 4.90 Å². The Morgan fingerprint density at radius 2 is 2.14 bits per heavy atom. The van der Waals surface area contributed by atoms with Crippen molar-refractivity contribution in [3.8, 4) is 5.88 Å². The van der Waals surface area contributed by atoms with E-state index in [0.717, 1.165) is 0 Å². The van der Waals surface area contributed by atoms with Gasteiger partial charge in [-0.2, -0.15) is 4.31 Å². The molecule has 0 spiro atoms. The minimum absolute atomic E-state index is 0.117. The van der Waals surface area contributed by atoms with Crippen LogP contribution in [-0.2, 0) is 10.0 Å². The summed E-state index contributed by atoms with van der Waals surface area (Å²) in [4.78, 5) is 4.11. The number of pyridine rings is 1. The Kier molecular flexibility index (Phi) is 4.64. The molecule has 0 aliphatic rings. The van der Waals surface area contributed by atoms with Crippen molar-refractivity contribution < 1.29 is 17.6 Å². The molecule has 114 valence electrons. The van der Waals surface area contributed by atoms with Gasteiger partial charge in [-0.15, -0.1) is 0 Å². The van der Waals surface area contributed by atoms with Gasteiger partial charge < -0.3 is 9.15 Å². The number of hydrogen-bond donors (Lipinski definition) is 0. The highest BCUT2D eigenvalue weighted by Crippen LogP contribution is 2.26. The highest BCUT2D eigenvalue weighted by Gasteiger charge is 2.28. The summed E-state index contributed by atoms with van der Waals surface area (Å²) < 4.78 is 36.8. The molecule has 0 aromatic carbocycles. The van der Waals surface area contributed by atoms with Crippen molar-refractivity contribution in [2.45, 2.75) is 24.8 Å². The van der Waals surface area contributed by atoms with Gasteiger partial charge in [0, 0.05) is 13.1 Å². The molecule has 2 aromatic heterocycles. The minimum atomic E-state index is -3.64. The van der Waals surface area contributed by atoms with Crippen molar-refractivity contribution in [3.05, 3.63) is 42.5 Å². The van der Waals surface area contributed by atoms with Gasteiger partial charge in [0.1, 0.15) is 10.7 Å². The Bertz CT molecular complexity index is 666. The fourth-order valence-corrected chi connectivity index (χ4v) is 3.11. The molecule has 0 radical (unpaired) electrons. The maximum Gasteiger partial charge on any atom is 0.245 e. The highest BCUT2D eigenvalue weighted by molar-refractivity contribution is 7.89. The number of sulfonamides is 1. The minimum Gasteiger partial charge on any atom is -0.478 e. The van der Waals surface area contributed by atoms with Crippen LogP contribution in [0.25, 0.3) is 0 Å². The lowest BCUT2D eigenvalue weighted by Gasteiger charge is -2.22. The van der Waals surface area contributed by atoms with Gasteiger partial charge in [0.15, 0.2) is 0 Å². The Hall–Kier alpha value is -1.86. The van der Waals surface area contributed by atoms with Crippen LogP contribution in [0.3, 0.4) is 0 Å². The quantitative estimate of drug-likeness (QED) is 0.819. The molecule has 1 atom stereocenters. The number of aromatic nitrogens is 1. The molecule has 0 N–H and O–H groups in total. The molecule has 0 aliphatic heterocycles. The standard InChI is InChI=1S/C14H18N2O4S/c1-4-19-14-8-7-12(10-15-14)21(17,18)16(3)11(2)13-6-5-9-20-13/h5-11H,4H2,1-3H3/t11-/m1/s1. The zero-order valence-corrected chi connectivity index (χ0v) is 13.0. The zero-order chi connectivity index (χ0) is 15.5. The second kappa shape index (κ2) is 6.28. The third-order valence-electron chi connectivity index (χ3n) is 3.18. The molecule has 0 amide bonds. The van der Waals surface area contributed by atoms with E-state index < -0.39 is 16.1 Å². The first-order chi connectivity index (χ1) is 9.96. The van der Waals surface area contributed by atoms with Crippen LogP contribution in [0.1, 0.15) is 25.6 Å². The molecule has 0 unspecified atom stereocenters. The Morgan fingerprint density at radius 3 is 2.67 bits per heavy atom. The van der Waals surface area contributed by atoms with E-state index in [2.05, 4.69) is 4.98 Å².